The molecule has 3 aromatic rings. The van der Waals surface area contributed by atoms with E-state index in [0.29, 0.717) is 12.0 Å². The van der Waals surface area contributed by atoms with Gasteiger partial charge in [0, 0.05) is 28.1 Å². The lowest BCUT2D eigenvalue weighted by Gasteiger charge is -2.37. The minimum atomic E-state index is -1.75. The van der Waals surface area contributed by atoms with Crippen molar-refractivity contribution in [3.05, 3.63) is 93.0 Å². The Hall–Kier alpha value is -3.51. The average molecular weight is 615 g/mol. The molecule has 0 spiro atoms. The van der Waals surface area contributed by atoms with Crippen LogP contribution in [0, 0.1) is 28.4 Å². The zero-order valence-corrected chi connectivity index (χ0v) is 25.3. The lowest BCUT2D eigenvalue weighted by molar-refractivity contribution is -0.118. The number of hydrogen-bond acceptors (Lipinski definition) is 5. The SMILES string of the molecule is COc1cc(C(C)=O)ccc1NC(=O)C1NC(CC(C)(C)C)C(C#N)(c2ccc(Cl)cc2F)C1c1cccc(Cl)c1F. The summed E-state index contributed by atoms with van der Waals surface area (Å²) in [4.78, 5) is 26.0. The van der Waals surface area contributed by atoms with Crippen LogP contribution >= 0.6 is 23.2 Å². The Morgan fingerprint density at radius 1 is 1.12 bits per heavy atom. The smallest absolute Gasteiger partial charge is 0.242 e. The summed E-state index contributed by atoms with van der Waals surface area (Å²) in [7, 11) is 1.40. The van der Waals surface area contributed by atoms with Gasteiger partial charge in [-0.25, -0.2) is 8.78 Å². The molecule has 1 aliphatic rings. The van der Waals surface area contributed by atoms with Gasteiger partial charge in [-0.2, -0.15) is 5.26 Å². The lowest BCUT2D eigenvalue weighted by atomic mass is 9.62. The van der Waals surface area contributed by atoms with Gasteiger partial charge in [-0.15, -0.1) is 0 Å². The fourth-order valence-electron chi connectivity index (χ4n) is 5.78. The minimum Gasteiger partial charge on any atom is -0.495 e. The topological polar surface area (TPSA) is 91.2 Å². The van der Waals surface area contributed by atoms with Gasteiger partial charge in [-0.3, -0.25) is 9.59 Å². The number of hydrogen-bond donors (Lipinski definition) is 2. The molecule has 0 aromatic heterocycles. The summed E-state index contributed by atoms with van der Waals surface area (Å²) in [5.74, 6) is -3.34. The van der Waals surface area contributed by atoms with Gasteiger partial charge in [0.05, 0.1) is 29.9 Å². The normalized spacial score (nSPS) is 22.0. The van der Waals surface area contributed by atoms with E-state index in [1.807, 2.05) is 20.8 Å². The molecule has 4 unspecified atom stereocenters. The van der Waals surface area contributed by atoms with Crippen molar-refractivity contribution >= 4 is 40.6 Å². The second kappa shape index (κ2) is 12.0. The van der Waals surface area contributed by atoms with Crippen molar-refractivity contribution < 1.29 is 23.1 Å². The van der Waals surface area contributed by atoms with E-state index in [0.717, 1.165) is 6.07 Å². The molecule has 10 heteroatoms. The van der Waals surface area contributed by atoms with E-state index in [-0.39, 0.29) is 43.8 Å². The van der Waals surface area contributed by atoms with Crippen molar-refractivity contribution in [1.82, 2.24) is 5.32 Å². The Kier molecular flexibility index (Phi) is 8.98. The Morgan fingerprint density at radius 3 is 2.43 bits per heavy atom. The van der Waals surface area contributed by atoms with Crippen molar-refractivity contribution in [1.29, 1.82) is 5.26 Å². The Bertz CT molecular complexity index is 1580. The number of nitriles is 1. The van der Waals surface area contributed by atoms with Crippen LogP contribution in [0.4, 0.5) is 14.5 Å². The maximum atomic E-state index is 15.8. The number of carbonyl (C=O) groups excluding carboxylic acids is 2. The number of nitrogens with zero attached hydrogens (tertiary/aromatic N) is 1. The average Bonchev–Trinajstić information content (AvgIpc) is 3.23. The molecule has 1 saturated heterocycles. The summed E-state index contributed by atoms with van der Waals surface area (Å²) >= 11 is 12.3. The van der Waals surface area contributed by atoms with Crippen molar-refractivity contribution in [3.63, 3.8) is 0 Å². The highest BCUT2D eigenvalue weighted by Gasteiger charge is 2.61. The first-order chi connectivity index (χ1) is 19.7. The monoisotopic (exact) mass is 613 g/mol. The van der Waals surface area contributed by atoms with Crippen molar-refractivity contribution in [3.8, 4) is 11.8 Å². The highest BCUT2D eigenvalue weighted by atomic mass is 35.5. The highest BCUT2D eigenvalue weighted by Crippen LogP contribution is 2.53. The van der Waals surface area contributed by atoms with Gasteiger partial charge in [0.25, 0.3) is 0 Å². The molecule has 0 bridgehead atoms. The third-order valence-corrected chi connectivity index (χ3v) is 8.12. The Labute approximate surface area is 254 Å². The molecule has 1 fully saturated rings. The van der Waals surface area contributed by atoms with Gasteiger partial charge >= 0.3 is 0 Å². The summed E-state index contributed by atoms with van der Waals surface area (Å²) < 4.78 is 37.0. The molecule has 2 N–H and O–H groups in total. The molecular formula is C32H31Cl2F2N3O3. The van der Waals surface area contributed by atoms with Crippen molar-refractivity contribution in [2.45, 2.75) is 57.5 Å². The molecular weight excluding hydrogens is 583 g/mol. The van der Waals surface area contributed by atoms with E-state index >= 15 is 8.78 Å². The van der Waals surface area contributed by atoms with E-state index in [9.17, 15) is 14.9 Å². The third kappa shape index (κ3) is 5.87. The maximum absolute atomic E-state index is 15.8. The van der Waals surface area contributed by atoms with Crippen LogP contribution < -0.4 is 15.4 Å². The molecule has 3 aromatic carbocycles. The molecule has 1 aliphatic heterocycles. The first-order valence-corrected chi connectivity index (χ1v) is 14.1. The largest absolute Gasteiger partial charge is 0.495 e. The standard InChI is InChI=1S/C32H31Cl2F2N3O3/c1-17(40)18-9-12-24(25(13-18)42-5)38-30(41)29-27(20-7-6-8-22(34)28(20)36)32(16-37,26(39-29)15-31(2,3)4)21-11-10-19(33)14-23(21)35/h6-14,26-27,29,39H,15H2,1-5H3,(H,38,41). The van der Waals surface area contributed by atoms with Gasteiger partial charge in [0.15, 0.2) is 5.78 Å². The van der Waals surface area contributed by atoms with Crippen LogP contribution in [0.3, 0.4) is 0 Å². The molecule has 4 rings (SSSR count). The van der Waals surface area contributed by atoms with Crippen LogP contribution in [0.15, 0.2) is 54.6 Å². The highest BCUT2D eigenvalue weighted by molar-refractivity contribution is 6.31. The zero-order valence-electron chi connectivity index (χ0n) is 23.8. The van der Waals surface area contributed by atoms with E-state index < -0.39 is 41.0 Å². The van der Waals surface area contributed by atoms with Crippen LogP contribution in [0.5, 0.6) is 5.75 Å². The van der Waals surface area contributed by atoms with Crippen LogP contribution in [0.25, 0.3) is 0 Å². The number of anilines is 1. The first kappa shape index (κ1) is 31.4. The minimum absolute atomic E-state index is 0.0126. The van der Waals surface area contributed by atoms with Crippen molar-refractivity contribution in [2.24, 2.45) is 5.41 Å². The molecule has 1 heterocycles. The van der Waals surface area contributed by atoms with Gasteiger partial charge in [0.1, 0.15) is 22.8 Å². The maximum Gasteiger partial charge on any atom is 0.242 e. The Morgan fingerprint density at radius 2 is 1.83 bits per heavy atom. The number of ketones is 1. The van der Waals surface area contributed by atoms with Gasteiger partial charge in [-0.1, -0.05) is 62.2 Å². The second-order valence-corrected chi connectivity index (χ2v) is 12.5. The lowest BCUT2D eigenvalue weighted by Crippen LogP contribution is -2.45. The van der Waals surface area contributed by atoms with E-state index in [2.05, 4.69) is 16.7 Å². The number of nitrogens with one attached hydrogen (secondary N) is 2. The number of benzene rings is 3. The van der Waals surface area contributed by atoms with Crippen LogP contribution in [0.1, 0.15) is 61.5 Å². The third-order valence-electron chi connectivity index (χ3n) is 7.60. The molecule has 220 valence electrons. The number of halogens is 4. The molecule has 0 saturated carbocycles. The van der Waals surface area contributed by atoms with Crippen LogP contribution in [-0.2, 0) is 10.2 Å². The van der Waals surface area contributed by atoms with E-state index in [4.69, 9.17) is 27.9 Å². The molecule has 42 heavy (non-hydrogen) atoms. The Balaban J connectivity index is 1.95. The van der Waals surface area contributed by atoms with Crippen molar-refractivity contribution in [2.75, 3.05) is 12.4 Å². The number of rotatable bonds is 7. The van der Waals surface area contributed by atoms with Gasteiger partial charge < -0.3 is 15.4 Å². The number of Topliss-reactive ketones (excluding diaryl/α,β-unsaturated/α-hetero) is 1. The zero-order chi connectivity index (χ0) is 31.0. The fourth-order valence-corrected chi connectivity index (χ4v) is 6.12. The van der Waals surface area contributed by atoms with Crippen LogP contribution in [0.2, 0.25) is 10.0 Å². The molecule has 1 amide bonds. The number of amides is 1. The predicted octanol–water partition coefficient (Wildman–Crippen LogP) is 7.44. The number of carbonyl (C=O) groups is 2. The van der Waals surface area contributed by atoms with Crippen LogP contribution in [-0.4, -0.2) is 30.9 Å². The summed E-state index contributed by atoms with van der Waals surface area (Å²) in [6.45, 7) is 7.28. The summed E-state index contributed by atoms with van der Waals surface area (Å²) in [5.41, 5.74) is -1.51. The summed E-state index contributed by atoms with van der Waals surface area (Å²) in [6, 6.07) is 13.2. The molecule has 4 atom stereocenters. The van der Waals surface area contributed by atoms with Gasteiger partial charge in [0.2, 0.25) is 5.91 Å². The molecule has 0 aliphatic carbocycles. The molecule has 0 radical (unpaired) electrons. The second-order valence-electron chi connectivity index (χ2n) is 11.6. The number of methoxy groups -OCH3 is 1. The summed E-state index contributed by atoms with van der Waals surface area (Å²) in [5, 5.41) is 17.0. The summed E-state index contributed by atoms with van der Waals surface area (Å²) in [6.07, 6.45) is 0.335. The van der Waals surface area contributed by atoms with Gasteiger partial charge in [-0.05, 0) is 60.7 Å². The van der Waals surface area contributed by atoms with E-state index in [1.165, 1.54) is 56.5 Å². The quantitative estimate of drug-likeness (QED) is 0.270. The number of ether oxygens (including phenoxy) is 1. The van der Waals surface area contributed by atoms with E-state index in [1.54, 1.807) is 6.07 Å². The fraction of sp³-hybridized carbons (Fsp3) is 0.344. The molecule has 6 nitrogen and oxygen atoms in total. The first-order valence-electron chi connectivity index (χ1n) is 13.3. The predicted molar refractivity (Wildman–Crippen MR) is 159 cm³/mol.